The number of unbranched alkanes of at least 4 members (excludes halogenated alkanes) is 3. The maximum atomic E-state index is 12.4. The Labute approximate surface area is 202 Å². The van der Waals surface area contributed by atoms with E-state index < -0.39 is 17.9 Å². The smallest absolute Gasteiger partial charge is 0.279 e. The second-order valence-electron chi connectivity index (χ2n) is 7.77. The first-order valence-corrected chi connectivity index (χ1v) is 11.9. The summed E-state index contributed by atoms with van der Waals surface area (Å²) in [4.78, 5) is 24.8. The van der Waals surface area contributed by atoms with Crippen molar-refractivity contribution >= 4 is 38.5 Å². The first-order chi connectivity index (χ1) is 16.0. The summed E-state index contributed by atoms with van der Waals surface area (Å²) in [6.07, 6.45) is 3.71. The largest absolute Gasteiger partial charge is 0.492 e. The highest BCUT2D eigenvalue weighted by Gasteiger charge is 2.17. The van der Waals surface area contributed by atoms with E-state index in [1.165, 1.54) is 12.8 Å². The van der Waals surface area contributed by atoms with Crippen LogP contribution in [0.15, 0.2) is 65.1 Å². The normalized spacial score (nSPS) is 11.6. The molecule has 1 atom stereocenters. The minimum absolute atomic E-state index is 0.392. The molecular weight excluding hydrogens is 484 g/mol. The molecular formula is C26H29BrN2O4. The Morgan fingerprint density at radius 2 is 1.73 bits per heavy atom. The van der Waals surface area contributed by atoms with Gasteiger partial charge in [-0.15, -0.1) is 0 Å². The molecule has 0 saturated carbocycles. The van der Waals surface area contributed by atoms with E-state index in [1.807, 2.05) is 42.5 Å². The van der Waals surface area contributed by atoms with Gasteiger partial charge >= 0.3 is 0 Å². The molecule has 0 fully saturated rings. The fourth-order valence-electron chi connectivity index (χ4n) is 3.26. The van der Waals surface area contributed by atoms with Crippen molar-refractivity contribution in [1.82, 2.24) is 10.9 Å². The van der Waals surface area contributed by atoms with Crippen LogP contribution in [-0.2, 0) is 4.79 Å². The fourth-order valence-corrected chi connectivity index (χ4v) is 3.75. The van der Waals surface area contributed by atoms with Crippen molar-refractivity contribution < 1.29 is 19.1 Å². The average Bonchev–Trinajstić information content (AvgIpc) is 2.82. The lowest BCUT2D eigenvalue weighted by molar-refractivity contribution is -0.128. The van der Waals surface area contributed by atoms with Crippen LogP contribution in [0.2, 0.25) is 0 Å². The highest BCUT2D eigenvalue weighted by Crippen LogP contribution is 2.26. The predicted molar refractivity (Wildman–Crippen MR) is 133 cm³/mol. The number of carbonyl (C=O) groups is 2. The van der Waals surface area contributed by atoms with Gasteiger partial charge < -0.3 is 9.47 Å². The number of ether oxygens (including phenoxy) is 2. The molecule has 1 unspecified atom stereocenters. The second kappa shape index (κ2) is 12.3. The summed E-state index contributed by atoms with van der Waals surface area (Å²) in [5.41, 5.74) is 5.24. The summed E-state index contributed by atoms with van der Waals surface area (Å²) in [5.74, 6) is 0.375. The minimum atomic E-state index is -0.790. The van der Waals surface area contributed by atoms with E-state index in [0.29, 0.717) is 28.1 Å². The quantitative estimate of drug-likeness (QED) is 0.266. The molecule has 6 nitrogen and oxygen atoms in total. The highest BCUT2D eigenvalue weighted by molar-refractivity contribution is 9.10. The van der Waals surface area contributed by atoms with E-state index in [0.717, 1.165) is 23.6 Å². The first kappa shape index (κ1) is 24.6. The predicted octanol–water partition coefficient (Wildman–Crippen LogP) is 5.79. The Hall–Kier alpha value is -3.06. The van der Waals surface area contributed by atoms with Crippen LogP contribution in [0, 0.1) is 0 Å². The molecule has 0 aromatic heterocycles. The number of benzene rings is 3. The Kier molecular flexibility index (Phi) is 9.13. The van der Waals surface area contributed by atoms with Crippen molar-refractivity contribution in [1.29, 1.82) is 0 Å². The van der Waals surface area contributed by atoms with Crippen molar-refractivity contribution in [2.75, 3.05) is 6.61 Å². The van der Waals surface area contributed by atoms with Gasteiger partial charge in [0.05, 0.1) is 11.1 Å². The fraction of sp³-hybridized carbons (Fsp3) is 0.308. The van der Waals surface area contributed by atoms with Gasteiger partial charge in [0.25, 0.3) is 11.8 Å². The Morgan fingerprint density at radius 3 is 2.48 bits per heavy atom. The molecule has 0 heterocycles. The van der Waals surface area contributed by atoms with Crippen molar-refractivity contribution in [2.45, 2.75) is 45.6 Å². The van der Waals surface area contributed by atoms with Crippen LogP contribution in [0.25, 0.3) is 10.8 Å². The molecule has 2 N–H and O–H groups in total. The number of hydrazine groups is 1. The van der Waals surface area contributed by atoms with Crippen molar-refractivity contribution in [3.8, 4) is 11.5 Å². The van der Waals surface area contributed by atoms with Gasteiger partial charge in [-0.3, -0.25) is 20.4 Å². The molecule has 3 aromatic carbocycles. The third-order valence-electron chi connectivity index (χ3n) is 5.15. The van der Waals surface area contributed by atoms with E-state index in [-0.39, 0.29) is 0 Å². The van der Waals surface area contributed by atoms with Crippen LogP contribution in [0.1, 0.15) is 49.9 Å². The average molecular weight is 513 g/mol. The number of fused-ring (bicyclic) bond motifs is 1. The van der Waals surface area contributed by atoms with Crippen LogP contribution in [0.5, 0.6) is 11.5 Å². The maximum absolute atomic E-state index is 12.4. The van der Waals surface area contributed by atoms with Gasteiger partial charge in [-0.25, -0.2) is 0 Å². The molecule has 0 radical (unpaired) electrons. The molecule has 7 heteroatoms. The molecule has 0 spiro atoms. The summed E-state index contributed by atoms with van der Waals surface area (Å²) in [5, 5.41) is 2.11. The summed E-state index contributed by atoms with van der Waals surface area (Å²) in [6, 6.07) is 18.6. The number of hydrogen-bond acceptors (Lipinski definition) is 4. The van der Waals surface area contributed by atoms with E-state index in [2.05, 4.69) is 33.7 Å². The number of carbonyl (C=O) groups excluding carboxylic acids is 2. The number of halogens is 1. The zero-order valence-corrected chi connectivity index (χ0v) is 20.5. The zero-order chi connectivity index (χ0) is 23.6. The molecule has 0 aliphatic heterocycles. The lowest BCUT2D eigenvalue weighted by atomic mass is 10.1. The molecule has 0 saturated heterocycles. The van der Waals surface area contributed by atoms with E-state index >= 15 is 0 Å². The van der Waals surface area contributed by atoms with Crippen LogP contribution in [0.4, 0.5) is 0 Å². The molecule has 0 aliphatic rings. The lowest BCUT2D eigenvalue weighted by Crippen LogP contribution is -2.47. The summed E-state index contributed by atoms with van der Waals surface area (Å²) < 4.78 is 12.2. The van der Waals surface area contributed by atoms with Gasteiger partial charge in [0.15, 0.2) is 6.10 Å². The van der Waals surface area contributed by atoms with Crippen LogP contribution < -0.4 is 20.3 Å². The van der Waals surface area contributed by atoms with E-state index in [9.17, 15) is 9.59 Å². The Bertz CT molecular complexity index is 1100. The standard InChI is InChI=1S/C26H29BrN2O4/c1-3-4-5-8-15-32-24-14-12-21(17-23(24)27)26(31)29-28-25(30)18(2)33-22-13-11-19-9-6-7-10-20(19)16-22/h6-7,9-14,16-18H,3-5,8,15H2,1-2H3,(H,28,30)(H,29,31). The summed E-state index contributed by atoms with van der Waals surface area (Å²) in [6.45, 7) is 4.43. The molecule has 0 bridgehead atoms. The first-order valence-electron chi connectivity index (χ1n) is 11.2. The van der Waals surface area contributed by atoms with Crippen LogP contribution in [-0.4, -0.2) is 24.5 Å². The monoisotopic (exact) mass is 512 g/mol. The second-order valence-corrected chi connectivity index (χ2v) is 8.62. The van der Waals surface area contributed by atoms with Crippen LogP contribution >= 0.6 is 15.9 Å². The SMILES string of the molecule is CCCCCCOc1ccc(C(=O)NNC(=O)C(C)Oc2ccc3ccccc3c2)cc1Br. The Morgan fingerprint density at radius 1 is 0.939 bits per heavy atom. The van der Waals surface area contributed by atoms with Crippen LogP contribution in [0.3, 0.4) is 0 Å². The van der Waals surface area contributed by atoms with Gasteiger partial charge in [-0.2, -0.15) is 0 Å². The summed E-state index contributed by atoms with van der Waals surface area (Å²) in [7, 11) is 0. The van der Waals surface area contributed by atoms with Crippen molar-refractivity contribution in [3.63, 3.8) is 0 Å². The topological polar surface area (TPSA) is 76.7 Å². The molecule has 3 aromatic rings. The molecule has 174 valence electrons. The minimum Gasteiger partial charge on any atom is -0.492 e. The molecule has 33 heavy (non-hydrogen) atoms. The number of hydrogen-bond donors (Lipinski definition) is 2. The van der Waals surface area contributed by atoms with Gasteiger partial charge in [0, 0.05) is 5.56 Å². The number of amides is 2. The van der Waals surface area contributed by atoms with Gasteiger partial charge in [-0.05, 0) is 70.4 Å². The van der Waals surface area contributed by atoms with Crippen molar-refractivity contribution in [2.24, 2.45) is 0 Å². The highest BCUT2D eigenvalue weighted by atomic mass is 79.9. The lowest BCUT2D eigenvalue weighted by Gasteiger charge is -2.16. The molecule has 2 amide bonds. The maximum Gasteiger partial charge on any atom is 0.279 e. The molecule has 3 rings (SSSR count). The van der Waals surface area contributed by atoms with E-state index in [1.54, 1.807) is 25.1 Å². The summed E-state index contributed by atoms with van der Waals surface area (Å²) >= 11 is 3.44. The van der Waals surface area contributed by atoms with Gasteiger partial charge in [0.2, 0.25) is 0 Å². The number of rotatable bonds is 10. The molecule has 0 aliphatic carbocycles. The van der Waals surface area contributed by atoms with Gasteiger partial charge in [0.1, 0.15) is 11.5 Å². The zero-order valence-electron chi connectivity index (χ0n) is 18.9. The third kappa shape index (κ3) is 7.22. The van der Waals surface area contributed by atoms with Gasteiger partial charge in [-0.1, -0.05) is 56.5 Å². The Balaban J connectivity index is 1.48. The van der Waals surface area contributed by atoms with Crippen molar-refractivity contribution in [3.05, 3.63) is 70.7 Å². The number of nitrogens with one attached hydrogen (secondary N) is 2. The van der Waals surface area contributed by atoms with E-state index in [4.69, 9.17) is 9.47 Å². The third-order valence-corrected chi connectivity index (χ3v) is 5.77.